The molecule has 0 atom stereocenters. The van der Waals surface area contributed by atoms with Gasteiger partial charge in [-0.15, -0.1) is 0 Å². The van der Waals surface area contributed by atoms with Gasteiger partial charge >= 0.3 is 0 Å². The van der Waals surface area contributed by atoms with Crippen molar-refractivity contribution in [2.24, 2.45) is 5.41 Å². The highest BCUT2D eigenvalue weighted by Gasteiger charge is 2.50. The summed E-state index contributed by atoms with van der Waals surface area (Å²) < 4.78 is 11.4. The molecule has 0 aromatic heterocycles. The van der Waals surface area contributed by atoms with E-state index < -0.39 is 0 Å². The molecular weight excluding hydrogens is 262 g/mol. The van der Waals surface area contributed by atoms with Gasteiger partial charge < -0.3 is 14.8 Å². The Morgan fingerprint density at radius 2 is 1.76 bits per heavy atom. The standard InChI is InChI=1S/C18H27NO2/c1-13(2)19-12-18(10-17(3,4)11-18)14-5-6-15-16(9-14)21-8-7-20-15/h5-6,9,13,19H,7-8,10-12H2,1-4H3. The number of hydrogen-bond donors (Lipinski definition) is 1. The Hall–Kier alpha value is -1.22. The van der Waals surface area contributed by atoms with Gasteiger partial charge in [0, 0.05) is 18.0 Å². The van der Waals surface area contributed by atoms with E-state index in [2.05, 4.69) is 51.2 Å². The number of ether oxygens (including phenoxy) is 2. The highest BCUT2D eigenvalue weighted by Crippen LogP contribution is 2.56. The smallest absolute Gasteiger partial charge is 0.161 e. The van der Waals surface area contributed by atoms with Crippen molar-refractivity contribution in [2.45, 2.75) is 52.0 Å². The van der Waals surface area contributed by atoms with Crippen LogP contribution in [-0.2, 0) is 5.41 Å². The summed E-state index contributed by atoms with van der Waals surface area (Å²) in [6.07, 6.45) is 2.44. The minimum atomic E-state index is 0.240. The van der Waals surface area contributed by atoms with Crippen molar-refractivity contribution in [2.75, 3.05) is 19.8 Å². The minimum Gasteiger partial charge on any atom is -0.486 e. The summed E-state index contributed by atoms with van der Waals surface area (Å²) >= 11 is 0. The topological polar surface area (TPSA) is 30.5 Å². The van der Waals surface area contributed by atoms with Crippen LogP contribution in [0, 0.1) is 5.41 Å². The summed E-state index contributed by atoms with van der Waals surface area (Å²) in [5.41, 5.74) is 2.06. The molecule has 1 aliphatic heterocycles. The van der Waals surface area contributed by atoms with Gasteiger partial charge in [0.2, 0.25) is 0 Å². The zero-order chi connectivity index (χ0) is 15.1. The lowest BCUT2D eigenvalue weighted by Crippen LogP contribution is -2.53. The molecule has 21 heavy (non-hydrogen) atoms. The van der Waals surface area contributed by atoms with Gasteiger partial charge in [-0.05, 0) is 36.0 Å². The van der Waals surface area contributed by atoms with Crippen LogP contribution in [0.4, 0.5) is 0 Å². The Morgan fingerprint density at radius 1 is 1.10 bits per heavy atom. The molecular formula is C18H27NO2. The first-order valence-electron chi connectivity index (χ1n) is 8.04. The first-order chi connectivity index (χ1) is 9.90. The molecule has 1 aromatic rings. The molecule has 116 valence electrons. The molecule has 1 aliphatic carbocycles. The van der Waals surface area contributed by atoms with Crippen LogP contribution < -0.4 is 14.8 Å². The summed E-state index contributed by atoms with van der Waals surface area (Å²) in [5, 5.41) is 3.63. The fraction of sp³-hybridized carbons (Fsp3) is 0.667. The van der Waals surface area contributed by atoms with Crippen molar-refractivity contribution in [3.05, 3.63) is 23.8 Å². The average Bonchev–Trinajstić information content (AvgIpc) is 2.42. The molecule has 3 heteroatoms. The molecule has 0 bridgehead atoms. The molecule has 2 aliphatic rings. The molecule has 3 nitrogen and oxygen atoms in total. The van der Waals surface area contributed by atoms with Gasteiger partial charge in [-0.1, -0.05) is 33.8 Å². The molecule has 0 saturated heterocycles. The summed E-state index contributed by atoms with van der Waals surface area (Å²) in [6, 6.07) is 7.02. The van der Waals surface area contributed by atoms with Crippen LogP contribution in [0.3, 0.4) is 0 Å². The van der Waals surface area contributed by atoms with Gasteiger partial charge in [-0.2, -0.15) is 0 Å². The molecule has 1 aromatic carbocycles. The molecule has 1 N–H and O–H groups in total. The monoisotopic (exact) mass is 289 g/mol. The third-order valence-corrected chi connectivity index (χ3v) is 4.64. The largest absolute Gasteiger partial charge is 0.486 e. The van der Waals surface area contributed by atoms with Gasteiger partial charge in [-0.25, -0.2) is 0 Å². The van der Waals surface area contributed by atoms with Crippen LogP contribution in [0.15, 0.2) is 18.2 Å². The normalized spacial score (nSPS) is 22.0. The van der Waals surface area contributed by atoms with Crippen molar-refractivity contribution in [3.63, 3.8) is 0 Å². The number of nitrogens with one attached hydrogen (secondary N) is 1. The maximum absolute atomic E-state index is 5.76. The second-order valence-corrected chi connectivity index (χ2v) is 7.69. The van der Waals surface area contributed by atoms with Crippen LogP contribution >= 0.6 is 0 Å². The second kappa shape index (κ2) is 5.20. The minimum absolute atomic E-state index is 0.240. The van der Waals surface area contributed by atoms with Crippen LogP contribution in [0.5, 0.6) is 11.5 Å². The van der Waals surface area contributed by atoms with Gasteiger partial charge in [0.05, 0.1) is 0 Å². The lowest BCUT2D eigenvalue weighted by Gasteiger charge is -2.54. The van der Waals surface area contributed by atoms with Crippen LogP contribution in [0.2, 0.25) is 0 Å². The maximum Gasteiger partial charge on any atom is 0.161 e. The predicted molar refractivity (Wildman–Crippen MR) is 85.3 cm³/mol. The first-order valence-corrected chi connectivity index (χ1v) is 8.04. The highest BCUT2D eigenvalue weighted by atomic mass is 16.6. The second-order valence-electron chi connectivity index (χ2n) is 7.69. The third-order valence-electron chi connectivity index (χ3n) is 4.64. The SMILES string of the molecule is CC(C)NCC1(c2ccc3c(c2)OCCO3)CC(C)(C)C1. The van der Waals surface area contributed by atoms with Crippen LogP contribution in [0.1, 0.15) is 46.1 Å². The van der Waals surface area contributed by atoms with Crippen molar-refractivity contribution < 1.29 is 9.47 Å². The highest BCUT2D eigenvalue weighted by molar-refractivity contribution is 5.47. The summed E-state index contributed by atoms with van der Waals surface area (Å²) in [6.45, 7) is 11.5. The molecule has 3 rings (SSSR count). The Morgan fingerprint density at radius 3 is 2.38 bits per heavy atom. The predicted octanol–water partition coefficient (Wildman–Crippen LogP) is 3.51. The van der Waals surface area contributed by atoms with E-state index in [0.717, 1.165) is 18.0 Å². The van der Waals surface area contributed by atoms with Gasteiger partial charge in [-0.3, -0.25) is 0 Å². The molecule has 1 heterocycles. The number of rotatable bonds is 4. The van der Waals surface area contributed by atoms with Crippen molar-refractivity contribution in [1.82, 2.24) is 5.32 Å². The maximum atomic E-state index is 5.76. The molecule has 0 unspecified atom stereocenters. The molecule has 1 saturated carbocycles. The number of hydrogen-bond acceptors (Lipinski definition) is 3. The lowest BCUT2D eigenvalue weighted by molar-refractivity contribution is 0.0543. The summed E-state index contributed by atoms with van der Waals surface area (Å²) in [5.74, 6) is 1.79. The van der Waals surface area contributed by atoms with Crippen LogP contribution in [0.25, 0.3) is 0 Å². The Kier molecular flexibility index (Phi) is 3.64. The fourth-order valence-corrected chi connectivity index (χ4v) is 3.98. The zero-order valence-electron chi connectivity index (χ0n) is 13.7. The van der Waals surface area contributed by atoms with Crippen molar-refractivity contribution >= 4 is 0 Å². The van der Waals surface area contributed by atoms with Crippen LogP contribution in [-0.4, -0.2) is 25.8 Å². The number of benzene rings is 1. The van der Waals surface area contributed by atoms with Gasteiger partial charge in [0.25, 0.3) is 0 Å². The fourth-order valence-electron chi connectivity index (χ4n) is 3.98. The van der Waals surface area contributed by atoms with E-state index in [0.29, 0.717) is 24.7 Å². The van der Waals surface area contributed by atoms with E-state index in [1.807, 2.05) is 0 Å². The van der Waals surface area contributed by atoms with Gasteiger partial charge in [0.15, 0.2) is 11.5 Å². The van der Waals surface area contributed by atoms with E-state index >= 15 is 0 Å². The van der Waals surface area contributed by atoms with E-state index in [-0.39, 0.29) is 5.41 Å². The van der Waals surface area contributed by atoms with E-state index in [1.54, 1.807) is 0 Å². The molecule has 1 fully saturated rings. The van der Waals surface area contributed by atoms with Crippen molar-refractivity contribution in [3.8, 4) is 11.5 Å². The molecule has 0 radical (unpaired) electrons. The Bertz CT molecular complexity index is 514. The average molecular weight is 289 g/mol. The Balaban J connectivity index is 1.86. The van der Waals surface area contributed by atoms with Crippen molar-refractivity contribution in [1.29, 1.82) is 0 Å². The molecule has 0 spiro atoms. The first kappa shape index (κ1) is 14.7. The third kappa shape index (κ3) is 2.89. The van der Waals surface area contributed by atoms with E-state index in [1.165, 1.54) is 18.4 Å². The summed E-state index contributed by atoms with van der Waals surface area (Å²) in [4.78, 5) is 0. The number of fused-ring (bicyclic) bond motifs is 1. The summed E-state index contributed by atoms with van der Waals surface area (Å²) in [7, 11) is 0. The van der Waals surface area contributed by atoms with E-state index in [9.17, 15) is 0 Å². The lowest BCUT2D eigenvalue weighted by atomic mass is 9.52. The Labute approximate surface area is 128 Å². The van der Waals surface area contributed by atoms with E-state index in [4.69, 9.17) is 9.47 Å². The quantitative estimate of drug-likeness (QED) is 0.920. The van der Waals surface area contributed by atoms with Gasteiger partial charge in [0.1, 0.15) is 13.2 Å². The molecule has 0 amide bonds. The zero-order valence-corrected chi connectivity index (χ0v) is 13.7.